The van der Waals surface area contributed by atoms with Crippen LogP contribution in [-0.4, -0.2) is 17.2 Å². The van der Waals surface area contributed by atoms with E-state index in [4.69, 9.17) is 0 Å². The number of aldehydes is 1. The molecule has 0 amide bonds. The van der Waals surface area contributed by atoms with Crippen molar-refractivity contribution in [2.45, 2.75) is 12.1 Å². The Balaban J connectivity index is 1.86. The number of carbonyl (C=O) groups excluding carboxylic acids is 2. The van der Waals surface area contributed by atoms with E-state index in [-0.39, 0.29) is 23.1 Å². The third-order valence-electron chi connectivity index (χ3n) is 4.77. The number of nitrogens with one attached hydrogen (secondary N) is 1. The Morgan fingerprint density at radius 3 is 2.23 bits per heavy atom. The van der Waals surface area contributed by atoms with Crippen LogP contribution in [0.1, 0.15) is 44.7 Å². The van der Waals surface area contributed by atoms with E-state index in [0.717, 1.165) is 17.4 Å². The molecule has 0 saturated heterocycles. The highest BCUT2D eigenvalue weighted by molar-refractivity contribution is 6.11. The quantitative estimate of drug-likeness (QED) is 0.561. The van der Waals surface area contributed by atoms with Crippen molar-refractivity contribution in [2.75, 3.05) is 0 Å². The highest BCUT2D eigenvalue weighted by Gasteiger charge is 2.33. The highest BCUT2D eigenvalue weighted by Crippen LogP contribution is 2.39. The minimum Gasteiger partial charge on any atom is -0.507 e. The minimum absolute atomic E-state index is 0.0646. The smallest absolute Gasteiger partial charge is 0.197 e. The summed E-state index contributed by atoms with van der Waals surface area (Å²) in [7, 11) is 0. The molecule has 128 valence electrons. The maximum Gasteiger partial charge on any atom is 0.197 e. The molecule has 4 heteroatoms. The number of hydrogen-bond acceptors (Lipinski definition) is 4. The summed E-state index contributed by atoms with van der Waals surface area (Å²) in [5.74, 6) is -0.308. The van der Waals surface area contributed by atoms with Gasteiger partial charge in [0.25, 0.3) is 0 Å². The molecule has 0 bridgehead atoms. The summed E-state index contributed by atoms with van der Waals surface area (Å²) in [5.41, 5.74) is 3.27. The summed E-state index contributed by atoms with van der Waals surface area (Å²) in [5, 5.41) is 13.7. The minimum atomic E-state index is -0.432. The Kier molecular flexibility index (Phi) is 4.11. The van der Waals surface area contributed by atoms with Gasteiger partial charge in [-0.25, -0.2) is 0 Å². The molecule has 2 atom stereocenters. The average molecular weight is 343 g/mol. The number of phenolic OH excluding ortho intramolecular Hbond substituents is 1. The van der Waals surface area contributed by atoms with Crippen LogP contribution in [-0.2, 0) is 4.79 Å². The molecule has 0 aromatic heterocycles. The zero-order valence-electron chi connectivity index (χ0n) is 13.9. The van der Waals surface area contributed by atoms with Crippen LogP contribution in [0.2, 0.25) is 0 Å². The first kappa shape index (κ1) is 16.2. The zero-order valence-corrected chi connectivity index (χ0v) is 13.9. The maximum atomic E-state index is 13.1. The molecular weight excluding hydrogens is 326 g/mol. The normalized spacial score (nSPS) is 18.3. The Labute approximate surface area is 151 Å². The monoisotopic (exact) mass is 343 g/mol. The maximum absolute atomic E-state index is 13.1. The number of carbonyl (C=O) groups is 2. The van der Waals surface area contributed by atoms with Gasteiger partial charge in [-0.15, -0.1) is 0 Å². The van der Waals surface area contributed by atoms with Crippen LogP contribution in [0.25, 0.3) is 0 Å². The van der Waals surface area contributed by atoms with Crippen molar-refractivity contribution in [3.05, 3.63) is 101 Å². The van der Waals surface area contributed by atoms with Gasteiger partial charge < -0.3 is 9.90 Å². The molecule has 4 nitrogen and oxygen atoms in total. The van der Waals surface area contributed by atoms with Gasteiger partial charge in [-0.05, 0) is 22.8 Å². The second kappa shape index (κ2) is 6.58. The molecule has 0 aliphatic carbocycles. The first-order chi connectivity index (χ1) is 12.7. The van der Waals surface area contributed by atoms with Crippen LogP contribution in [0.15, 0.2) is 72.8 Å². The number of hydrogen-bond donors (Lipinski definition) is 2. The molecule has 0 spiro atoms. The van der Waals surface area contributed by atoms with E-state index in [1.807, 2.05) is 36.4 Å². The second-order valence-electron chi connectivity index (χ2n) is 6.28. The van der Waals surface area contributed by atoms with Crippen LogP contribution in [0.4, 0.5) is 0 Å². The number of aromatic hydroxyl groups is 1. The third-order valence-corrected chi connectivity index (χ3v) is 4.77. The van der Waals surface area contributed by atoms with Crippen molar-refractivity contribution in [1.29, 1.82) is 0 Å². The van der Waals surface area contributed by atoms with Crippen molar-refractivity contribution in [2.24, 2.45) is 0 Å². The predicted octanol–water partition coefficient (Wildman–Crippen LogP) is 3.56. The van der Waals surface area contributed by atoms with Crippen LogP contribution >= 0.6 is 0 Å². The van der Waals surface area contributed by atoms with Crippen molar-refractivity contribution < 1.29 is 14.7 Å². The molecule has 3 aromatic carbocycles. The number of rotatable bonds is 4. The molecule has 26 heavy (non-hydrogen) atoms. The van der Waals surface area contributed by atoms with Gasteiger partial charge in [-0.2, -0.15) is 0 Å². The lowest BCUT2D eigenvalue weighted by atomic mass is 9.90. The first-order valence-electron chi connectivity index (χ1n) is 8.42. The fourth-order valence-corrected chi connectivity index (χ4v) is 3.57. The number of phenols is 1. The highest BCUT2D eigenvalue weighted by atomic mass is 16.3. The summed E-state index contributed by atoms with van der Waals surface area (Å²) < 4.78 is 0. The first-order valence-corrected chi connectivity index (χ1v) is 8.42. The molecule has 0 radical (unpaired) electrons. The Hall–Kier alpha value is -3.24. The van der Waals surface area contributed by atoms with Crippen molar-refractivity contribution in [3.8, 4) is 5.75 Å². The van der Waals surface area contributed by atoms with Crippen LogP contribution in [0, 0.1) is 0 Å². The van der Waals surface area contributed by atoms with Gasteiger partial charge in [0.15, 0.2) is 5.78 Å². The summed E-state index contributed by atoms with van der Waals surface area (Å²) >= 11 is 0. The van der Waals surface area contributed by atoms with Crippen LogP contribution in [0.3, 0.4) is 0 Å². The summed E-state index contributed by atoms with van der Waals surface area (Å²) in [6.45, 7) is 0. The fraction of sp³-hybridized carbons (Fsp3) is 0.0909. The molecule has 3 aromatic rings. The lowest BCUT2D eigenvalue weighted by Crippen LogP contribution is -2.21. The lowest BCUT2D eigenvalue weighted by molar-refractivity contribution is -0.109. The summed E-state index contributed by atoms with van der Waals surface area (Å²) in [6.07, 6.45) is 0.861. The van der Waals surface area contributed by atoms with Gasteiger partial charge in [0.05, 0.1) is 17.6 Å². The lowest BCUT2D eigenvalue weighted by Gasteiger charge is -2.18. The molecule has 1 aliphatic rings. The van der Waals surface area contributed by atoms with E-state index >= 15 is 0 Å². The molecule has 4 rings (SSSR count). The molecule has 0 fully saturated rings. The summed E-state index contributed by atoms with van der Waals surface area (Å²) in [6, 6.07) is 20.8. The van der Waals surface area contributed by atoms with Crippen LogP contribution in [0.5, 0.6) is 5.75 Å². The van der Waals surface area contributed by atoms with Gasteiger partial charge in [0.1, 0.15) is 12.0 Å². The Bertz CT molecular complexity index is 982. The fourth-order valence-electron chi connectivity index (χ4n) is 3.57. The van der Waals surface area contributed by atoms with Crippen molar-refractivity contribution in [1.82, 2.24) is 5.32 Å². The van der Waals surface area contributed by atoms with Gasteiger partial charge in [0.2, 0.25) is 0 Å². The van der Waals surface area contributed by atoms with E-state index < -0.39 is 6.04 Å². The molecule has 0 saturated carbocycles. The molecule has 2 unspecified atom stereocenters. The predicted molar refractivity (Wildman–Crippen MR) is 98.2 cm³/mol. The number of fused-ring (bicyclic) bond motifs is 1. The van der Waals surface area contributed by atoms with E-state index in [2.05, 4.69) is 5.32 Å². The molecular formula is C22H17NO3. The third kappa shape index (κ3) is 2.61. The van der Waals surface area contributed by atoms with E-state index in [9.17, 15) is 14.7 Å². The Morgan fingerprint density at radius 1 is 0.846 bits per heavy atom. The number of ketones is 1. The zero-order chi connectivity index (χ0) is 18.1. The van der Waals surface area contributed by atoms with Crippen molar-refractivity contribution >= 4 is 12.1 Å². The van der Waals surface area contributed by atoms with Gasteiger partial charge >= 0.3 is 0 Å². The molecule has 1 heterocycles. The molecule has 1 aliphatic heterocycles. The van der Waals surface area contributed by atoms with E-state index in [1.54, 1.807) is 30.3 Å². The van der Waals surface area contributed by atoms with Crippen molar-refractivity contribution in [3.63, 3.8) is 0 Å². The largest absolute Gasteiger partial charge is 0.507 e. The topological polar surface area (TPSA) is 66.4 Å². The SMILES string of the molecule is O=CC1NC(c2cccc(O)c2C(=O)c2ccccc2)c2ccccc21. The average Bonchev–Trinajstić information content (AvgIpc) is 3.07. The van der Waals surface area contributed by atoms with Gasteiger partial charge in [-0.1, -0.05) is 66.7 Å². The van der Waals surface area contributed by atoms with Gasteiger partial charge in [-0.3, -0.25) is 10.1 Å². The number of benzene rings is 3. The van der Waals surface area contributed by atoms with Gasteiger partial charge in [0, 0.05) is 5.56 Å². The van der Waals surface area contributed by atoms with Crippen LogP contribution < -0.4 is 5.32 Å². The van der Waals surface area contributed by atoms with E-state index in [1.165, 1.54) is 6.07 Å². The van der Waals surface area contributed by atoms with E-state index in [0.29, 0.717) is 11.1 Å². The summed E-state index contributed by atoms with van der Waals surface area (Å²) in [4.78, 5) is 24.5. The second-order valence-corrected chi connectivity index (χ2v) is 6.28. The Morgan fingerprint density at radius 2 is 1.50 bits per heavy atom. The molecule has 2 N–H and O–H groups in total. The standard InChI is InChI=1S/C22H17NO3/c24-13-18-15-9-4-5-10-16(15)21(23-18)17-11-6-12-19(25)20(17)22(26)14-7-2-1-3-8-14/h1-13,18,21,23,25H.